The van der Waals surface area contributed by atoms with Crippen LogP contribution in [0.25, 0.3) is 0 Å². The van der Waals surface area contributed by atoms with Crippen LogP contribution in [-0.4, -0.2) is 11.2 Å². The Hall–Kier alpha value is -0.560. The summed E-state index contributed by atoms with van der Waals surface area (Å²) in [5, 5.41) is 10.8. The Kier molecular flexibility index (Phi) is 5.90. The first kappa shape index (κ1) is 23.6. The normalized spacial score (nSPS) is 44.9. The Balaban J connectivity index is 1.65. The summed E-state index contributed by atoms with van der Waals surface area (Å²) >= 11 is 0. The molecule has 31 heavy (non-hydrogen) atoms. The van der Waals surface area contributed by atoms with Crippen molar-refractivity contribution in [3.8, 4) is 0 Å². The van der Waals surface area contributed by atoms with E-state index >= 15 is 0 Å². The molecule has 0 aromatic rings. The van der Waals surface area contributed by atoms with Crippen molar-refractivity contribution in [1.29, 1.82) is 0 Å². The van der Waals surface area contributed by atoms with Gasteiger partial charge in [-0.1, -0.05) is 64.3 Å². The van der Waals surface area contributed by atoms with E-state index in [1.807, 2.05) is 11.1 Å². The summed E-state index contributed by atoms with van der Waals surface area (Å²) in [5.74, 6) is 2.32. The Bertz CT molecular complexity index is 767. The lowest BCUT2D eigenvalue weighted by atomic mass is 9.43. The molecule has 0 bridgehead atoms. The van der Waals surface area contributed by atoms with E-state index in [1.165, 1.54) is 63.4 Å². The van der Waals surface area contributed by atoms with Crippen molar-refractivity contribution >= 4 is 0 Å². The van der Waals surface area contributed by atoms with Gasteiger partial charge in [-0.15, -0.1) is 0 Å². The predicted octanol–water partition coefficient (Wildman–Crippen LogP) is 8.48. The molecule has 4 aliphatic rings. The number of allylic oxidation sites excluding steroid dienone is 4. The van der Waals surface area contributed by atoms with E-state index in [0.29, 0.717) is 22.2 Å². The van der Waals surface area contributed by atoms with Gasteiger partial charge in [0.15, 0.2) is 0 Å². The summed E-state index contributed by atoms with van der Waals surface area (Å²) in [5.41, 5.74) is 6.41. The summed E-state index contributed by atoms with van der Waals surface area (Å²) in [7, 11) is 0. The monoisotopic (exact) mass is 426 g/mol. The molecule has 2 saturated carbocycles. The lowest BCUT2D eigenvalue weighted by molar-refractivity contribution is -0.0962. The van der Waals surface area contributed by atoms with Gasteiger partial charge in [-0.05, 0) is 117 Å². The van der Waals surface area contributed by atoms with Crippen molar-refractivity contribution in [2.45, 2.75) is 126 Å². The maximum absolute atomic E-state index is 10.8. The minimum Gasteiger partial charge on any atom is -0.393 e. The molecule has 0 heterocycles. The topological polar surface area (TPSA) is 20.2 Å². The van der Waals surface area contributed by atoms with Gasteiger partial charge in [0, 0.05) is 0 Å². The van der Waals surface area contributed by atoms with E-state index in [1.54, 1.807) is 0 Å². The van der Waals surface area contributed by atoms with Crippen molar-refractivity contribution in [1.82, 2.24) is 0 Å². The molecule has 4 rings (SSSR count). The Morgan fingerprint density at radius 1 is 0.968 bits per heavy atom. The van der Waals surface area contributed by atoms with Crippen LogP contribution in [-0.2, 0) is 0 Å². The van der Waals surface area contributed by atoms with Crippen LogP contribution in [0.1, 0.15) is 120 Å². The highest BCUT2D eigenvalue weighted by atomic mass is 16.3. The molecule has 0 saturated heterocycles. The first-order chi connectivity index (χ1) is 14.4. The van der Waals surface area contributed by atoms with Gasteiger partial charge >= 0.3 is 0 Å². The highest BCUT2D eigenvalue weighted by Gasteiger charge is 2.63. The van der Waals surface area contributed by atoms with Gasteiger partial charge in [0.1, 0.15) is 0 Å². The molecular formula is C30H50O. The fraction of sp³-hybridized carbons (Fsp3) is 0.867. The number of rotatable bonds is 4. The van der Waals surface area contributed by atoms with E-state index in [-0.39, 0.29) is 11.5 Å². The van der Waals surface area contributed by atoms with Crippen molar-refractivity contribution < 1.29 is 5.11 Å². The zero-order valence-corrected chi connectivity index (χ0v) is 21.9. The van der Waals surface area contributed by atoms with Crippen molar-refractivity contribution in [3.05, 3.63) is 22.8 Å². The van der Waals surface area contributed by atoms with Crippen LogP contribution in [0.4, 0.5) is 0 Å². The lowest BCUT2D eigenvalue weighted by Gasteiger charge is -2.62. The molecule has 7 atom stereocenters. The van der Waals surface area contributed by atoms with Gasteiger partial charge in [-0.3, -0.25) is 0 Å². The minimum absolute atomic E-state index is 0.0465. The van der Waals surface area contributed by atoms with Gasteiger partial charge in [-0.25, -0.2) is 0 Å². The molecule has 1 N–H and O–H groups in total. The molecule has 0 spiro atoms. The summed E-state index contributed by atoms with van der Waals surface area (Å²) < 4.78 is 0. The zero-order valence-electron chi connectivity index (χ0n) is 21.9. The van der Waals surface area contributed by atoms with Crippen LogP contribution in [0.3, 0.4) is 0 Å². The van der Waals surface area contributed by atoms with E-state index in [4.69, 9.17) is 0 Å². The van der Waals surface area contributed by atoms with Crippen LogP contribution in [0, 0.1) is 39.4 Å². The summed E-state index contributed by atoms with van der Waals surface area (Å²) in [6, 6.07) is 0. The molecule has 1 nitrogen and oxygen atoms in total. The standard InChI is InChI=1S/C30H50O/c1-20(2)10-9-11-21(3)22-14-18-30(8)24-12-13-25-27(4,5)26(31)16-17-28(25,6)23(24)15-19-29(22,30)7/h10,21-22,25-26,31H,9,11-19H2,1-8H3/t21?,22?,25?,26?,28?,29-,30+/m1/s1. The summed E-state index contributed by atoms with van der Waals surface area (Å²) in [4.78, 5) is 0. The summed E-state index contributed by atoms with van der Waals surface area (Å²) in [6.07, 6.45) is 15.2. The average molecular weight is 427 g/mol. The van der Waals surface area contributed by atoms with Crippen LogP contribution >= 0.6 is 0 Å². The third kappa shape index (κ3) is 3.34. The average Bonchev–Trinajstić information content (AvgIpc) is 2.96. The van der Waals surface area contributed by atoms with Crippen molar-refractivity contribution in [2.24, 2.45) is 39.4 Å². The Morgan fingerprint density at radius 2 is 1.68 bits per heavy atom. The molecule has 4 aliphatic carbocycles. The van der Waals surface area contributed by atoms with Gasteiger partial charge in [0.25, 0.3) is 0 Å². The zero-order chi connectivity index (χ0) is 22.8. The molecule has 0 aromatic heterocycles. The molecular weight excluding hydrogens is 376 g/mol. The number of fused-ring (bicyclic) bond motifs is 4. The first-order valence-electron chi connectivity index (χ1n) is 13.4. The second-order valence-corrected chi connectivity index (χ2v) is 13.6. The van der Waals surface area contributed by atoms with Crippen LogP contribution in [0.5, 0.6) is 0 Å². The van der Waals surface area contributed by atoms with E-state index in [0.717, 1.165) is 18.3 Å². The minimum atomic E-state index is -0.130. The van der Waals surface area contributed by atoms with E-state index < -0.39 is 0 Å². The largest absolute Gasteiger partial charge is 0.393 e. The maximum Gasteiger partial charge on any atom is 0.0594 e. The Morgan fingerprint density at radius 3 is 2.35 bits per heavy atom. The maximum atomic E-state index is 10.8. The van der Waals surface area contributed by atoms with Crippen molar-refractivity contribution in [2.75, 3.05) is 0 Å². The van der Waals surface area contributed by atoms with Gasteiger partial charge in [0.2, 0.25) is 0 Å². The number of aliphatic hydroxyl groups is 1. The number of hydrogen-bond donors (Lipinski definition) is 1. The summed E-state index contributed by atoms with van der Waals surface area (Å²) in [6.45, 7) is 19.6. The molecule has 0 amide bonds. The van der Waals surface area contributed by atoms with Gasteiger partial charge in [-0.2, -0.15) is 0 Å². The predicted molar refractivity (Wildman–Crippen MR) is 133 cm³/mol. The molecule has 1 heteroatoms. The molecule has 5 unspecified atom stereocenters. The third-order valence-electron chi connectivity index (χ3n) is 11.7. The smallest absolute Gasteiger partial charge is 0.0594 e. The Labute approximate surface area is 193 Å². The fourth-order valence-corrected chi connectivity index (χ4v) is 9.47. The van der Waals surface area contributed by atoms with Gasteiger partial charge < -0.3 is 5.11 Å². The van der Waals surface area contributed by atoms with Crippen LogP contribution in [0.2, 0.25) is 0 Å². The van der Waals surface area contributed by atoms with E-state index in [2.05, 4.69) is 61.5 Å². The van der Waals surface area contributed by atoms with Crippen LogP contribution in [0.15, 0.2) is 22.8 Å². The van der Waals surface area contributed by atoms with Gasteiger partial charge in [0.05, 0.1) is 6.10 Å². The number of hydrogen-bond acceptors (Lipinski definition) is 1. The second-order valence-electron chi connectivity index (χ2n) is 13.6. The fourth-order valence-electron chi connectivity index (χ4n) is 9.47. The quantitative estimate of drug-likeness (QED) is 0.447. The third-order valence-corrected chi connectivity index (χ3v) is 11.7. The highest BCUT2D eigenvalue weighted by molar-refractivity contribution is 5.38. The first-order valence-corrected chi connectivity index (χ1v) is 13.4. The second kappa shape index (κ2) is 7.75. The molecule has 176 valence electrons. The SMILES string of the molecule is CC(C)=CCCC(C)C1CC[C@@]2(C)C3=C(CC[C@]12C)C1(C)CCC(O)C(C)(C)C1CC3. The van der Waals surface area contributed by atoms with Crippen molar-refractivity contribution in [3.63, 3.8) is 0 Å². The molecule has 2 fully saturated rings. The molecule has 0 aliphatic heterocycles. The molecule has 0 aromatic carbocycles. The number of aliphatic hydroxyl groups excluding tert-OH is 1. The highest BCUT2D eigenvalue weighted by Crippen LogP contribution is 2.72. The van der Waals surface area contributed by atoms with Crippen LogP contribution < -0.4 is 0 Å². The lowest BCUT2D eigenvalue weighted by Crippen LogP contribution is -2.55. The van der Waals surface area contributed by atoms with E-state index in [9.17, 15) is 5.11 Å². The molecule has 0 radical (unpaired) electrons.